The van der Waals surface area contributed by atoms with Gasteiger partial charge in [0, 0.05) is 24.0 Å². The molecule has 0 amide bonds. The van der Waals surface area contributed by atoms with Gasteiger partial charge in [0.05, 0.1) is 18.7 Å². The molecule has 5 heteroatoms. The zero-order chi connectivity index (χ0) is 17.4. The lowest BCUT2D eigenvalue weighted by Gasteiger charge is -2.19. The molecule has 4 rings (SSSR count). The van der Waals surface area contributed by atoms with Gasteiger partial charge in [-0.2, -0.15) is 0 Å². The van der Waals surface area contributed by atoms with E-state index in [2.05, 4.69) is 0 Å². The van der Waals surface area contributed by atoms with Crippen molar-refractivity contribution < 1.29 is 23.9 Å². The lowest BCUT2D eigenvalue weighted by molar-refractivity contribution is -0.901. The number of hydrogen-bond donors (Lipinski definition) is 1. The Bertz CT molecular complexity index is 869. The van der Waals surface area contributed by atoms with Gasteiger partial charge in [-0.15, -0.1) is 0 Å². The highest BCUT2D eigenvalue weighted by molar-refractivity contribution is 6.14. The fourth-order valence-corrected chi connectivity index (χ4v) is 3.49. The molecule has 0 atom stereocenters. The van der Waals surface area contributed by atoms with Gasteiger partial charge in [0.1, 0.15) is 18.1 Å². The van der Waals surface area contributed by atoms with Crippen LogP contribution in [0.15, 0.2) is 42.2 Å². The van der Waals surface area contributed by atoms with Crippen LogP contribution in [-0.4, -0.2) is 18.9 Å². The normalized spacial score (nSPS) is 18.6. The quantitative estimate of drug-likeness (QED) is 0.866. The molecule has 128 valence electrons. The first-order valence-corrected chi connectivity index (χ1v) is 8.49. The number of benzene rings is 2. The standard InChI is InChI=1S/C20H18FNO3/c21-16-6-2-1-5-13(16)11-18-19(24)14-7-8-17(23)15(20(14)25-18)12-22-9-3-4-10-22/h1-2,5-8,11,23H,3-4,9-10,12H2. The molecule has 2 aromatic carbocycles. The Kier molecular flexibility index (Phi) is 4.01. The highest BCUT2D eigenvalue weighted by Gasteiger charge is 2.31. The number of carbonyl (C=O) groups excluding carboxylic acids is 1. The Hall–Kier alpha value is -2.66. The first-order chi connectivity index (χ1) is 12.1. The van der Waals surface area contributed by atoms with Crippen molar-refractivity contribution in [1.82, 2.24) is 0 Å². The molecule has 0 bridgehead atoms. The summed E-state index contributed by atoms with van der Waals surface area (Å²) in [5, 5.41) is 12.3. The molecule has 1 saturated heterocycles. The predicted octanol–water partition coefficient (Wildman–Crippen LogP) is 1.69. The van der Waals surface area contributed by atoms with E-state index in [0.717, 1.165) is 25.9 Å². The zero-order valence-corrected chi connectivity index (χ0v) is 13.7. The molecule has 0 radical (unpaired) electrons. The van der Waals surface area contributed by atoms with Gasteiger partial charge in [0.25, 0.3) is 0 Å². The van der Waals surface area contributed by atoms with Crippen LogP contribution in [0.4, 0.5) is 4.39 Å². The third-order valence-electron chi connectivity index (χ3n) is 4.83. The number of ketones is 1. The average Bonchev–Trinajstić information content (AvgIpc) is 3.21. The summed E-state index contributed by atoms with van der Waals surface area (Å²) in [6.45, 7) is 2.60. The second kappa shape index (κ2) is 6.33. The van der Waals surface area contributed by atoms with Gasteiger partial charge in [-0.05, 0) is 18.2 Å². The zero-order valence-electron chi connectivity index (χ0n) is 13.7. The highest BCUT2D eigenvalue weighted by Crippen LogP contribution is 2.38. The minimum Gasteiger partial charge on any atom is -0.872 e. The van der Waals surface area contributed by atoms with Crippen molar-refractivity contribution in [2.45, 2.75) is 19.4 Å². The number of ether oxygens (including phenoxy) is 1. The third-order valence-corrected chi connectivity index (χ3v) is 4.83. The summed E-state index contributed by atoms with van der Waals surface area (Å²) in [6, 6.07) is 9.12. The molecule has 0 spiro atoms. The van der Waals surface area contributed by atoms with Crippen molar-refractivity contribution in [3.63, 3.8) is 0 Å². The van der Waals surface area contributed by atoms with Gasteiger partial charge < -0.3 is 14.7 Å². The summed E-state index contributed by atoms with van der Waals surface area (Å²) in [4.78, 5) is 13.9. The number of quaternary nitrogens is 1. The van der Waals surface area contributed by atoms with Crippen LogP contribution in [0, 0.1) is 5.82 Å². The van der Waals surface area contributed by atoms with Crippen LogP contribution < -0.4 is 14.7 Å². The van der Waals surface area contributed by atoms with Crippen LogP contribution in [0.1, 0.15) is 34.3 Å². The first kappa shape index (κ1) is 15.8. The maximum absolute atomic E-state index is 13.8. The van der Waals surface area contributed by atoms with E-state index in [1.807, 2.05) is 0 Å². The van der Waals surface area contributed by atoms with E-state index >= 15 is 0 Å². The van der Waals surface area contributed by atoms with Gasteiger partial charge >= 0.3 is 0 Å². The van der Waals surface area contributed by atoms with E-state index in [1.165, 1.54) is 29.2 Å². The third kappa shape index (κ3) is 2.91. The summed E-state index contributed by atoms with van der Waals surface area (Å²) in [5.41, 5.74) is 1.21. The van der Waals surface area contributed by atoms with Crippen molar-refractivity contribution in [2.75, 3.05) is 13.1 Å². The maximum Gasteiger partial charge on any atom is 0.231 e. The molecule has 0 aromatic heterocycles. The fraction of sp³-hybridized carbons (Fsp3) is 0.250. The molecule has 2 aliphatic heterocycles. The summed E-state index contributed by atoms with van der Waals surface area (Å²) < 4.78 is 19.6. The maximum atomic E-state index is 13.8. The molecule has 0 saturated carbocycles. The van der Waals surface area contributed by atoms with Gasteiger partial charge in [-0.1, -0.05) is 30.0 Å². The number of hydrogen-bond acceptors (Lipinski definition) is 3. The Balaban J connectivity index is 1.70. The minimum absolute atomic E-state index is 0.0587. The first-order valence-electron chi connectivity index (χ1n) is 8.49. The Labute approximate surface area is 145 Å². The summed E-state index contributed by atoms with van der Waals surface area (Å²) in [6.07, 6.45) is 3.70. The van der Waals surface area contributed by atoms with E-state index in [1.54, 1.807) is 18.2 Å². The van der Waals surface area contributed by atoms with Crippen LogP contribution in [0.2, 0.25) is 0 Å². The summed E-state index contributed by atoms with van der Waals surface area (Å²) in [5.74, 6) is -0.439. The van der Waals surface area contributed by atoms with Crippen molar-refractivity contribution in [2.24, 2.45) is 0 Å². The summed E-state index contributed by atoms with van der Waals surface area (Å²) in [7, 11) is 0. The molecule has 0 aliphatic carbocycles. The number of allylic oxidation sites excluding steroid dienone is 1. The van der Waals surface area contributed by atoms with Gasteiger partial charge in [0.2, 0.25) is 5.78 Å². The average molecular weight is 339 g/mol. The number of likely N-dealkylation sites (tertiary alicyclic amines) is 1. The largest absolute Gasteiger partial charge is 0.872 e. The van der Waals surface area contributed by atoms with Crippen LogP contribution in [0.5, 0.6) is 11.5 Å². The minimum atomic E-state index is -0.423. The number of halogens is 1. The van der Waals surface area contributed by atoms with E-state index in [0.29, 0.717) is 23.4 Å². The second-order valence-electron chi connectivity index (χ2n) is 6.51. The van der Waals surface area contributed by atoms with E-state index < -0.39 is 5.82 Å². The molecule has 1 fully saturated rings. The molecule has 2 aromatic rings. The van der Waals surface area contributed by atoms with Crippen molar-refractivity contribution in [3.8, 4) is 11.5 Å². The van der Waals surface area contributed by atoms with E-state index in [-0.39, 0.29) is 22.9 Å². The van der Waals surface area contributed by atoms with Crippen LogP contribution in [-0.2, 0) is 6.54 Å². The second-order valence-corrected chi connectivity index (χ2v) is 6.51. The number of Topliss-reactive ketones (excluding diaryl/α,β-unsaturated/α-hetero) is 1. The SMILES string of the molecule is O=C1C(=Cc2ccccc2F)Oc2c1ccc([O-])c2C[NH+]1CCCC1. The lowest BCUT2D eigenvalue weighted by Crippen LogP contribution is -3.08. The van der Waals surface area contributed by atoms with Crippen molar-refractivity contribution in [3.05, 3.63) is 64.7 Å². The lowest BCUT2D eigenvalue weighted by atomic mass is 10.0. The topological polar surface area (TPSA) is 53.8 Å². The number of rotatable bonds is 3. The highest BCUT2D eigenvalue weighted by atomic mass is 19.1. The van der Waals surface area contributed by atoms with Crippen LogP contribution in [0.3, 0.4) is 0 Å². The monoisotopic (exact) mass is 339 g/mol. The molecule has 2 heterocycles. The van der Waals surface area contributed by atoms with Crippen molar-refractivity contribution >= 4 is 11.9 Å². The molecular formula is C20H18FNO3. The molecule has 0 unspecified atom stereocenters. The Morgan fingerprint density at radius 1 is 1.16 bits per heavy atom. The molecule has 4 nitrogen and oxygen atoms in total. The predicted molar refractivity (Wildman–Crippen MR) is 88.9 cm³/mol. The summed E-state index contributed by atoms with van der Waals surface area (Å²) >= 11 is 0. The van der Waals surface area contributed by atoms with E-state index in [4.69, 9.17) is 4.74 Å². The van der Waals surface area contributed by atoms with Gasteiger partial charge in [-0.25, -0.2) is 4.39 Å². The number of nitrogens with one attached hydrogen (secondary N) is 1. The van der Waals surface area contributed by atoms with Gasteiger partial charge in [0.15, 0.2) is 5.76 Å². The Morgan fingerprint density at radius 3 is 2.68 bits per heavy atom. The van der Waals surface area contributed by atoms with Crippen LogP contribution in [0.25, 0.3) is 6.08 Å². The molecule has 2 aliphatic rings. The number of carbonyl (C=O) groups is 1. The smallest absolute Gasteiger partial charge is 0.231 e. The molecule has 25 heavy (non-hydrogen) atoms. The van der Waals surface area contributed by atoms with Crippen LogP contribution >= 0.6 is 0 Å². The fourth-order valence-electron chi connectivity index (χ4n) is 3.49. The number of fused-ring (bicyclic) bond motifs is 1. The Morgan fingerprint density at radius 2 is 1.92 bits per heavy atom. The van der Waals surface area contributed by atoms with E-state index in [9.17, 15) is 14.3 Å². The van der Waals surface area contributed by atoms with Crippen molar-refractivity contribution in [1.29, 1.82) is 0 Å². The molecular weight excluding hydrogens is 321 g/mol. The molecule has 1 N–H and O–H groups in total. The van der Waals surface area contributed by atoms with Gasteiger partial charge in [-0.3, -0.25) is 4.79 Å².